The lowest BCUT2D eigenvalue weighted by molar-refractivity contribution is 0.103. The second-order valence-corrected chi connectivity index (χ2v) is 5.96. The molecule has 0 aliphatic heterocycles. The van der Waals surface area contributed by atoms with Crippen molar-refractivity contribution in [1.82, 2.24) is 0 Å². The molecule has 0 N–H and O–H groups in total. The maximum absolute atomic E-state index is 12.5. The van der Waals surface area contributed by atoms with E-state index in [-0.39, 0.29) is 5.78 Å². The number of ketones is 1. The van der Waals surface area contributed by atoms with E-state index in [0.29, 0.717) is 0 Å². The Morgan fingerprint density at radius 3 is 2.00 bits per heavy atom. The predicted molar refractivity (Wildman–Crippen MR) is 82.4 cm³/mol. The van der Waals surface area contributed by atoms with Gasteiger partial charge in [-0.2, -0.15) is 0 Å². The first-order chi connectivity index (χ1) is 9.63. The standard InChI is InChI=1S/C19H20O/c1-13-10-14(2)12-18(11-13)19(20)17-8-6-16(7-9-17)15-4-3-5-15/h6-12,15H,3-5H2,1-2H3. The molecule has 0 amide bonds. The van der Waals surface area contributed by atoms with E-state index in [1.54, 1.807) is 0 Å². The van der Waals surface area contributed by atoms with Crippen molar-refractivity contribution < 1.29 is 4.79 Å². The summed E-state index contributed by atoms with van der Waals surface area (Å²) in [5.41, 5.74) is 5.24. The Morgan fingerprint density at radius 1 is 0.900 bits per heavy atom. The molecule has 0 bridgehead atoms. The highest BCUT2D eigenvalue weighted by atomic mass is 16.1. The molecule has 2 aromatic carbocycles. The average molecular weight is 264 g/mol. The average Bonchev–Trinajstić information content (AvgIpc) is 2.35. The summed E-state index contributed by atoms with van der Waals surface area (Å²) in [6.45, 7) is 4.06. The first-order valence-corrected chi connectivity index (χ1v) is 7.36. The van der Waals surface area contributed by atoms with Gasteiger partial charge in [-0.05, 0) is 50.3 Å². The van der Waals surface area contributed by atoms with Crippen molar-refractivity contribution in [3.05, 3.63) is 70.3 Å². The van der Waals surface area contributed by atoms with Crippen molar-refractivity contribution in [3.8, 4) is 0 Å². The lowest BCUT2D eigenvalue weighted by Crippen LogP contribution is -2.09. The minimum absolute atomic E-state index is 0.122. The Bertz CT molecular complexity index is 613. The topological polar surface area (TPSA) is 17.1 Å². The first kappa shape index (κ1) is 13.1. The molecular formula is C19H20O. The van der Waals surface area contributed by atoms with Crippen LogP contribution >= 0.6 is 0 Å². The van der Waals surface area contributed by atoms with E-state index in [9.17, 15) is 4.79 Å². The van der Waals surface area contributed by atoms with Gasteiger partial charge in [0.15, 0.2) is 5.78 Å². The van der Waals surface area contributed by atoms with Gasteiger partial charge in [0.05, 0.1) is 0 Å². The smallest absolute Gasteiger partial charge is 0.193 e. The van der Waals surface area contributed by atoms with Crippen LogP contribution in [0.2, 0.25) is 0 Å². The molecule has 1 nitrogen and oxygen atoms in total. The van der Waals surface area contributed by atoms with Gasteiger partial charge in [0.25, 0.3) is 0 Å². The molecule has 0 heterocycles. The largest absolute Gasteiger partial charge is 0.289 e. The maximum atomic E-state index is 12.5. The quantitative estimate of drug-likeness (QED) is 0.728. The van der Waals surface area contributed by atoms with Crippen LogP contribution in [0.1, 0.15) is 57.8 Å². The molecular weight excluding hydrogens is 244 g/mol. The van der Waals surface area contributed by atoms with E-state index in [0.717, 1.165) is 28.2 Å². The lowest BCUT2D eigenvalue weighted by atomic mass is 9.80. The molecule has 0 aromatic heterocycles. The zero-order chi connectivity index (χ0) is 14.1. The van der Waals surface area contributed by atoms with Crippen LogP contribution in [0.3, 0.4) is 0 Å². The minimum atomic E-state index is 0.122. The highest BCUT2D eigenvalue weighted by Crippen LogP contribution is 2.36. The molecule has 102 valence electrons. The summed E-state index contributed by atoms with van der Waals surface area (Å²) >= 11 is 0. The van der Waals surface area contributed by atoms with Crippen molar-refractivity contribution >= 4 is 5.78 Å². The fourth-order valence-corrected chi connectivity index (χ4v) is 2.92. The van der Waals surface area contributed by atoms with E-state index < -0.39 is 0 Å². The van der Waals surface area contributed by atoms with Crippen molar-refractivity contribution in [1.29, 1.82) is 0 Å². The van der Waals surface area contributed by atoms with E-state index in [1.807, 2.05) is 38.1 Å². The summed E-state index contributed by atoms with van der Waals surface area (Å²) in [5.74, 6) is 0.845. The van der Waals surface area contributed by atoms with Gasteiger partial charge in [0.2, 0.25) is 0 Å². The van der Waals surface area contributed by atoms with Gasteiger partial charge in [-0.15, -0.1) is 0 Å². The van der Waals surface area contributed by atoms with Gasteiger partial charge in [-0.1, -0.05) is 47.9 Å². The SMILES string of the molecule is Cc1cc(C)cc(C(=O)c2ccc(C3CCC3)cc2)c1. The van der Waals surface area contributed by atoms with E-state index in [1.165, 1.54) is 24.8 Å². The Balaban J connectivity index is 1.86. The van der Waals surface area contributed by atoms with Gasteiger partial charge in [-0.25, -0.2) is 0 Å². The van der Waals surface area contributed by atoms with E-state index >= 15 is 0 Å². The Labute approximate surface area is 120 Å². The van der Waals surface area contributed by atoms with Crippen LogP contribution in [0, 0.1) is 13.8 Å². The Morgan fingerprint density at radius 2 is 1.50 bits per heavy atom. The van der Waals surface area contributed by atoms with Gasteiger partial charge < -0.3 is 0 Å². The Kier molecular flexibility index (Phi) is 3.43. The highest BCUT2D eigenvalue weighted by Gasteiger charge is 2.19. The third kappa shape index (κ3) is 2.53. The number of carbonyl (C=O) groups excluding carboxylic acids is 1. The fraction of sp³-hybridized carbons (Fsp3) is 0.316. The predicted octanol–water partition coefficient (Wildman–Crippen LogP) is 4.80. The fourth-order valence-electron chi connectivity index (χ4n) is 2.92. The van der Waals surface area contributed by atoms with Crippen molar-refractivity contribution in [2.45, 2.75) is 39.0 Å². The highest BCUT2D eigenvalue weighted by molar-refractivity contribution is 6.09. The summed E-state index contributed by atoms with van der Waals surface area (Å²) in [6.07, 6.45) is 3.93. The van der Waals surface area contributed by atoms with Gasteiger partial charge in [-0.3, -0.25) is 4.79 Å². The van der Waals surface area contributed by atoms with Crippen LogP contribution in [0.5, 0.6) is 0 Å². The molecule has 1 heteroatoms. The number of carbonyl (C=O) groups is 1. The summed E-state index contributed by atoms with van der Waals surface area (Å²) in [4.78, 5) is 12.5. The van der Waals surface area contributed by atoms with Crippen LogP contribution in [0.15, 0.2) is 42.5 Å². The first-order valence-electron chi connectivity index (χ1n) is 7.36. The third-order valence-corrected chi connectivity index (χ3v) is 4.23. The Hall–Kier alpha value is -1.89. The molecule has 0 spiro atoms. The number of aryl methyl sites for hydroxylation is 2. The summed E-state index contributed by atoms with van der Waals surface area (Å²) < 4.78 is 0. The summed E-state index contributed by atoms with van der Waals surface area (Å²) in [5, 5.41) is 0. The normalized spacial score (nSPS) is 14.9. The number of benzene rings is 2. The number of hydrogen-bond donors (Lipinski definition) is 0. The molecule has 0 saturated heterocycles. The van der Waals surface area contributed by atoms with E-state index in [2.05, 4.69) is 18.2 Å². The second-order valence-electron chi connectivity index (χ2n) is 5.96. The maximum Gasteiger partial charge on any atom is 0.193 e. The van der Waals surface area contributed by atoms with Crippen molar-refractivity contribution in [3.63, 3.8) is 0 Å². The zero-order valence-corrected chi connectivity index (χ0v) is 12.1. The minimum Gasteiger partial charge on any atom is -0.289 e. The molecule has 1 aliphatic rings. The molecule has 1 fully saturated rings. The lowest BCUT2D eigenvalue weighted by Gasteiger charge is -2.25. The van der Waals surface area contributed by atoms with Crippen LogP contribution in [0.25, 0.3) is 0 Å². The third-order valence-electron chi connectivity index (χ3n) is 4.23. The summed E-state index contributed by atoms with van der Waals surface area (Å²) in [7, 11) is 0. The molecule has 2 aromatic rings. The van der Waals surface area contributed by atoms with Crippen LogP contribution in [0.4, 0.5) is 0 Å². The van der Waals surface area contributed by atoms with Gasteiger partial charge in [0.1, 0.15) is 0 Å². The number of rotatable bonds is 3. The monoisotopic (exact) mass is 264 g/mol. The molecule has 1 aliphatic carbocycles. The van der Waals surface area contributed by atoms with Crippen LogP contribution in [-0.2, 0) is 0 Å². The molecule has 0 unspecified atom stereocenters. The zero-order valence-electron chi connectivity index (χ0n) is 12.1. The molecule has 3 rings (SSSR count). The van der Waals surface area contributed by atoms with Crippen LogP contribution in [-0.4, -0.2) is 5.78 Å². The van der Waals surface area contributed by atoms with Crippen molar-refractivity contribution in [2.24, 2.45) is 0 Å². The van der Waals surface area contributed by atoms with Crippen LogP contribution < -0.4 is 0 Å². The number of hydrogen-bond acceptors (Lipinski definition) is 1. The van der Waals surface area contributed by atoms with Gasteiger partial charge in [0, 0.05) is 11.1 Å². The van der Waals surface area contributed by atoms with Crippen molar-refractivity contribution in [2.75, 3.05) is 0 Å². The van der Waals surface area contributed by atoms with E-state index in [4.69, 9.17) is 0 Å². The second kappa shape index (κ2) is 5.24. The molecule has 1 saturated carbocycles. The summed E-state index contributed by atoms with van der Waals surface area (Å²) in [6, 6.07) is 14.2. The van der Waals surface area contributed by atoms with Gasteiger partial charge >= 0.3 is 0 Å². The molecule has 0 radical (unpaired) electrons. The molecule has 20 heavy (non-hydrogen) atoms. The molecule has 0 atom stereocenters.